The molecule has 3 N–H and O–H groups in total. The van der Waals surface area contributed by atoms with Gasteiger partial charge in [0.1, 0.15) is 0 Å². The third-order valence-corrected chi connectivity index (χ3v) is 5.35. The van der Waals surface area contributed by atoms with E-state index in [1.807, 2.05) is 37.3 Å². The number of benzene rings is 1. The summed E-state index contributed by atoms with van der Waals surface area (Å²) in [6.45, 7) is 2.24. The van der Waals surface area contributed by atoms with Crippen molar-refractivity contribution < 1.29 is 14.5 Å². The van der Waals surface area contributed by atoms with Gasteiger partial charge in [-0.2, -0.15) is 10.5 Å². The van der Waals surface area contributed by atoms with Gasteiger partial charge in [0.15, 0.2) is 10.8 Å². The largest absolute Gasteiger partial charge is 0.343 e. The molecule has 23 heavy (non-hydrogen) atoms. The average Bonchev–Trinajstić information content (AvgIpc) is 2.85. The molecule has 0 radical (unpaired) electrons. The monoisotopic (exact) mass is 309 g/mol. The van der Waals surface area contributed by atoms with Gasteiger partial charge in [0.2, 0.25) is 0 Å². The van der Waals surface area contributed by atoms with E-state index < -0.39 is 16.7 Å². The molecule has 5 atom stereocenters. The minimum absolute atomic E-state index is 0.159. The Kier molecular flexibility index (Phi) is 2.67. The van der Waals surface area contributed by atoms with Gasteiger partial charge < -0.3 is 9.47 Å². The molecule has 1 aliphatic carbocycles. The number of nitrogens with one attached hydrogen (secondary N) is 1. The van der Waals surface area contributed by atoms with Crippen molar-refractivity contribution in [3.63, 3.8) is 0 Å². The predicted molar refractivity (Wildman–Crippen MR) is 79.1 cm³/mol. The highest BCUT2D eigenvalue weighted by atomic mass is 16.8. The molecule has 2 fully saturated rings. The summed E-state index contributed by atoms with van der Waals surface area (Å²) in [7, 11) is 0. The number of nitrogens with zero attached hydrogens (tertiary/aromatic N) is 2. The van der Waals surface area contributed by atoms with Crippen molar-refractivity contribution in [2.75, 3.05) is 6.61 Å². The van der Waals surface area contributed by atoms with Crippen LogP contribution < -0.4 is 10.7 Å². The first kappa shape index (κ1) is 14.2. The highest BCUT2D eigenvalue weighted by Crippen LogP contribution is 2.75. The fourth-order valence-corrected chi connectivity index (χ4v) is 4.30. The third-order valence-electron chi connectivity index (χ3n) is 5.35. The summed E-state index contributed by atoms with van der Waals surface area (Å²) in [6, 6.07) is 14.4. The van der Waals surface area contributed by atoms with E-state index in [4.69, 9.17) is 15.2 Å². The first-order valence-corrected chi connectivity index (χ1v) is 7.65. The van der Waals surface area contributed by atoms with Gasteiger partial charge in [0.25, 0.3) is 5.84 Å². The number of hydrogen-bond donors (Lipinski definition) is 2. The second-order valence-corrected chi connectivity index (χ2v) is 6.48. The molecule has 2 heterocycles. The van der Waals surface area contributed by atoms with Gasteiger partial charge in [-0.15, -0.1) is 0 Å². The maximum atomic E-state index is 9.97. The van der Waals surface area contributed by atoms with Crippen molar-refractivity contribution >= 4 is 5.84 Å². The Bertz CT molecular complexity index is 780. The topological polar surface area (TPSA) is 106 Å². The zero-order valence-electron chi connectivity index (χ0n) is 12.7. The molecule has 6 heteroatoms. The molecular formula is C17H17N4O2+. The van der Waals surface area contributed by atoms with Crippen LogP contribution in [-0.4, -0.2) is 24.5 Å². The average molecular weight is 309 g/mol. The number of hydrogen-bond acceptors (Lipinski definition) is 5. The van der Waals surface area contributed by atoms with Crippen LogP contribution in [0.3, 0.4) is 0 Å². The molecule has 1 saturated heterocycles. The summed E-state index contributed by atoms with van der Waals surface area (Å²) in [6.07, 6.45) is 0.417. The minimum Gasteiger partial charge on any atom is -0.311 e. The Balaban J connectivity index is 1.80. The lowest BCUT2D eigenvalue weighted by atomic mass is 9.94. The second-order valence-electron chi connectivity index (χ2n) is 6.48. The quantitative estimate of drug-likeness (QED) is 0.760. The van der Waals surface area contributed by atoms with E-state index >= 15 is 0 Å². The van der Waals surface area contributed by atoms with E-state index in [9.17, 15) is 10.5 Å². The standard InChI is InChI=1S/C17H16N4O2/c1-11-8-22-17(23-11)16(10-19)13(7-12-5-3-2-4-6-12)15(16,9-18)14(20)21-17/h2-6,11,13H,7-8H2,1H3,(H2,20,21)/p+1/t11-,13-,15-,16-,17-/m1/s1. The normalized spacial score (nSPS) is 43.5. The Labute approximate surface area is 134 Å². The first-order valence-electron chi connectivity index (χ1n) is 7.65. The molecule has 116 valence electrons. The summed E-state index contributed by atoms with van der Waals surface area (Å²) in [5.41, 5.74) is 5.00. The van der Waals surface area contributed by atoms with E-state index in [2.05, 4.69) is 17.1 Å². The summed E-state index contributed by atoms with van der Waals surface area (Å²) in [5.74, 6) is -1.31. The molecular weight excluding hydrogens is 292 g/mol. The second kappa shape index (κ2) is 4.32. The first-order chi connectivity index (χ1) is 11.1. The summed E-state index contributed by atoms with van der Waals surface area (Å²) in [5, 5.41) is 19.8. The van der Waals surface area contributed by atoms with E-state index in [-0.39, 0.29) is 17.9 Å². The van der Waals surface area contributed by atoms with Gasteiger partial charge in [-0.25, -0.2) is 4.99 Å². The van der Waals surface area contributed by atoms with Gasteiger partial charge in [-0.05, 0) is 18.9 Å². The molecule has 0 amide bonds. The number of nitrogens with two attached hydrogens (primary N) is 1. The van der Waals surface area contributed by atoms with Gasteiger partial charge in [-0.3, -0.25) is 5.73 Å². The maximum absolute atomic E-state index is 9.97. The molecule has 2 aliphatic heterocycles. The van der Waals surface area contributed by atoms with Crippen LogP contribution in [0.4, 0.5) is 0 Å². The molecule has 1 aromatic rings. The molecule has 0 bridgehead atoms. The van der Waals surface area contributed by atoms with Crippen LogP contribution >= 0.6 is 0 Å². The Morgan fingerprint density at radius 2 is 2.04 bits per heavy atom. The minimum atomic E-state index is -1.32. The van der Waals surface area contributed by atoms with E-state index in [0.29, 0.717) is 13.0 Å². The summed E-state index contributed by atoms with van der Waals surface area (Å²) >= 11 is 0. The van der Waals surface area contributed by atoms with Crippen LogP contribution in [0.15, 0.2) is 30.3 Å². The van der Waals surface area contributed by atoms with Crippen LogP contribution in [0.25, 0.3) is 0 Å². The van der Waals surface area contributed by atoms with E-state index in [1.54, 1.807) is 0 Å². The fraction of sp³-hybridized carbons (Fsp3) is 0.471. The number of rotatable bonds is 2. The molecule has 4 rings (SSSR count). The van der Waals surface area contributed by atoms with Crippen molar-refractivity contribution in [3.8, 4) is 12.1 Å². The smallest absolute Gasteiger partial charge is 0.311 e. The maximum Gasteiger partial charge on any atom is 0.343 e. The molecule has 1 spiro atoms. The van der Waals surface area contributed by atoms with E-state index in [1.165, 1.54) is 0 Å². The zero-order valence-corrected chi connectivity index (χ0v) is 12.7. The predicted octanol–water partition coefficient (Wildman–Crippen LogP) is -0.581. The Morgan fingerprint density at radius 1 is 1.30 bits per heavy atom. The van der Waals surface area contributed by atoms with Crippen molar-refractivity contribution in [2.45, 2.75) is 25.4 Å². The Morgan fingerprint density at radius 3 is 2.61 bits per heavy atom. The number of ether oxygens (including phenoxy) is 2. The highest BCUT2D eigenvalue weighted by molar-refractivity contribution is 5.93. The number of fused-ring (bicyclic) bond motifs is 2. The molecule has 6 nitrogen and oxygen atoms in total. The Hall–Kier alpha value is -2.41. The third kappa shape index (κ3) is 1.41. The zero-order chi connectivity index (χ0) is 16.3. The summed E-state index contributed by atoms with van der Waals surface area (Å²) < 4.78 is 11.7. The number of nitriles is 2. The van der Waals surface area contributed by atoms with Crippen molar-refractivity contribution in [1.82, 2.24) is 0 Å². The summed E-state index contributed by atoms with van der Waals surface area (Å²) in [4.78, 5) is 2.96. The molecule has 1 aromatic carbocycles. The lowest BCUT2D eigenvalue weighted by molar-refractivity contribution is -0.678. The van der Waals surface area contributed by atoms with Gasteiger partial charge in [0.05, 0.1) is 24.8 Å². The molecule has 0 aromatic heterocycles. The van der Waals surface area contributed by atoms with Crippen LogP contribution in [-0.2, 0) is 15.9 Å². The fourth-order valence-electron chi connectivity index (χ4n) is 4.30. The van der Waals surface area contributed by atoms with Crippen LogP contribution in [0, 0.1) is 39.4 Å². The number of amidine groups is 1. The van der Waals surface area contributed by atoms with Gasteiger partial charge in [-0.1, -0.05) is 30.3 Å². The van der Waals surface area contributed by atoms with Crippen molar-refractivity contribution in [3.05, 3.63) is 35.9 Å². The van der Waals surface area contributed by atoms with E-state index in [0.717, 1.165) is 5.56 Å². The van der Waals surface area contributed by atoms with Crippen LogP contribution in [0.1, 0.15) is 12.5 Å². The van der Waals surface area contributed by atoms with Gasteiger partial charge >= 0.3 is 5.91 Å². The molecule has 3 aliphatic rings. The molecule has 0 unspecified atom stereocenters. The lowest BCUT2D eigenvalue weighted by Crippen LogP contribution is -2.90. The highest BCUT2D eigenvalue weighted by Gasteiger charge is 2.97. The van der Waals surface area contributed by atoms with Crippen molar-refractivity contribution in [2.24, 2.45) is 22.5 Å². The lowest BCUT2D eigenvalue weighted by Gasteiger charge is -2.23. The van der Waals surface area contributed by atoms with Crippen molar-refractivity contribution in [1.29, 1.82) is 10.5 Å². The molecule has 1 saturated carbocycles. The van der Waals surface area contributed by atoms with Crippen LogP contribution in [0.2, 0.25) is 0 Å². The SMILES string of the molecule is C[C@@H]1CO[C@@]2([NH+]=C(N)[C@@]3(C#N)[C@@H](Cc4ccccc4)[C@@]23C#N)O1. The van der Waals surface area contributed by atoms with Gasteiger partial charge in [0, 0.05) is 5.92 Å². The van der Waals surface area contributed by atoms with Crippen LogP contribution in [0.5, 0.6) is 0 Å².